The highest BCUT2D eigenvalue weighted by atomic mass is 35.5. The molecule has 2 heterocycles. The first-order chi connectivity index (χ1) is 12.9. The molecule has 8 heteroatoms. The van der Waals surface area contributed by atoms with Crippen molar-refractivity contribution in [1.29, 1.82) is 0 Å². The Morgan fingerprint density at radius 2 is 2.15 bits per heavy atom. The molecule has 3 rings (SSSR count). The van der Waals surface area contributed by atoms with Gasteiger partial charge in [0.05, 0.1) is 25.2 Å². The summed E-state index contributed by atoms with van der Waals surface area (Å²) in [5.41, 5.74) is 7.11. The molecule has 1 aliphatic rings. The van der Waals surface area contributed by atoms with Gasteiger partial charge in [0.25, 0.3) is 5.56 Å². The Labute approximate surface area is 160 Å². The second-order valence-corrected chi connectivity index (χ2v) is 6.54. The summed E-state index contributed by atoms with van der Waals surface area (Å²) in [6.45, 7) is 1.64. The molecule has 0 saturated carbocycles. The minimum Gasteiger partial charge on any atom is -0.465 e. The number of hydrogen-bond acceptors (Lipinski definition) is 6. The predicted octanol–water partition coefficient (Wildman–Crippen LogP) is 1.67. The van der Waals surface area contributed by atoms with E-state index in [4.69, 9.17) is 26.8 Å². The highest BCUT2D eigenvalue weighted by Crippen LogP contribution is 2.41. The number of halogens is 1. The number of aliphatic hydroxyl groups excluding tert-OH is 1. The monoisotopic (exact) mass is 390 g/mol. The van der Waals surface area contributed by atoms with Crippen LogP contribution in [0.4, 0.5) is 0 Å². The van der Waals surface area contributed by atoms with Gasteiger partial charge in [-0.1, -0.05) is 23.7 Å². The number of rotatable bonds is 4. The van der Waals surface area contributed by atoms with Crippen LogP contribution in [0, 0.1) is 6.92 Å². The van der Waals surface area contributed by atoms with Gasteiger partial charge >= 0.3 is 5.97 Å². The number of benzene rings is 1. The van der Waals surface area contributed by atoms with Crippen molar-refractivity contribution in [2.24, 2.45) is 5.73 Å². The lowest BCUT2D eigenvalue weighted by Crippen LogP contribution is -2.35. The Morgan fingerprint density at radius 1 is 1.41 bits per heavy atom. The highest BCUT2D eigenvalue weighted by molar-refractivity contribution is 6.30. The van der Waals surface area contributed by atoms with Gasteiger partial charge in [-0.2, -0.15) is 0 Å². The van der Waals surface area contributed by atoms with Crippen LogP contribution in [0.25, 0.3) is 0 Å². The molecule has 1 aliphatic heterocycles. The van der Waals surface area contributed by atoms with E-state index in [-0.39, 0.29) is 41.5 Å². The summed E-state index contributed by atoms with van der Waals surface area (Å²) in [5.74, 6) is -1.37. The van der Waals surface area contributed by atoms with Gasteiger partial charge in [0, 0.05) is 23.3 Å². The topological polar surface area (TPSA) is 104 Å². The molecule has 0 unspecified atom stereocenters. The van der Waals surface area contributed by atoms with Crippen molar-refractivity contribution in [3.63, 3.8) is 0 Å². The zero-order valence-corrected chi connectivity index (χ0v) is 15.6. The second-order valence-electron chi connectivity index (χ2n) is 6.10. The average molecular weight is 391 g/mol. The Hall–Kier alpha value is -2.77. The molecule has 0 amide bonds. The number of aryl methyl sites for hydroxylation is 1. The molecule has 1 atom stereocenters. The largest absolute Gasteiger partial charge is 0.465 e. The molecule has 1 aromatic heterocycles. The number of nitrogens with zero attached hydrogens (tertiary/aromatic N) is 1. The average Bonchev–Trinajstić information content (AvgIpc) is 2.63. The van der Waals surface area contributed by atoms with Crippen molar-refractivity contribution in [2.75, 3.05) is 13.7 Å². The van der Waals surface area contributed by atoms with E-state index in [0.717, 1.165) is 0 Å². The molecule has 0 bridgehead atoms. The third kappa shape index (κ3) is 3.31. The van der Waals surface area contributed by atoms with Crippen LogP contribution in [0.1, 0.15) is 22.7 Å². The fourth-order valence-corrected chi connectivity index (χ4v) is 3.49. The lowest BCUT2D eigenvalue weighted by atomic mass is 9.83. The molecule has 0 aliphatic carbocycles. The normalized spacial score (nSPS) is 15.9. The van der Waals surface area contributed by atoms with Crippen molar-refractivity contribution in [3.05, 3.63) is 74.0 Å². The van der Waals surface area contributed by atoms with Gasteiger partial charge in [0.2, 0.25) is 5.88 Å². The molecule has 0 spiro atoms. The first kappa shape index (κ1) is 19.0. The van der Waals surface area contributed by atoms with Crippen LogP contribution >= 0.6 is 11.6 Å². The van der Waals surface area contributed by atoms with E-state index in [1.54, 1.807) is 37.3 Å². The molecule has 0 saturated heterocycles. The standard InChI is InChI=1S/C19H19ClN2O5/c1-10-8-13-15(18(24)22(10)6-7-23)14(11-4-3-5-12(20)9-11)16(17(21)27-13)19(25)26-2/h3-5,8-9,14,23H,6-7,21H2,1-2H3/t14-/m0/s1. The van der Waals surface area contributed by atoms with Crippen LogP contribution in [0.15, 0.2) is 46.6 Å². The maximum absolute atomic E-state index is 13.2. The number of aliphatic hydroxyl groups is 1. The molecule has 7 nitrogen and oxygen atoms in total. The van der Waals surface area contributed by atoms with E-state index in [9.17, 15) is 14.7 Å². The molecule has 27 heavy (non-hydrogen) atoms. The Balaban J connectivity index is 2.34. The zero-order chi connectivity index (χ0) is 19.7. The lowest BCUT2D eigenvalue weighted by molar-refractivity contribution is -0.136. The van der Waals surface area contributed by atoms with E-state index < -0.39 is 11.9 Å². The predicted molar refractivity (Wildman–Crippen MR) is 99.7 cm³/mol. The van der Waals surface area contributed by atoms with E-state index in [0.29, 0.717) is 16.3 Å². The van der Waals surface area contributed by atoms with Crippen LogP contribution in [0.5, 0.6) is 5.75 Å². The summed E-state index contributed by atoms with van der Waals surface area (Å²) in [6, 6.07) is 8.48. The van der Waals surface area contributed by atoms with Crippen LogP contribution in [0.3, 0.4) is 0 Å². The molecule has 2 aromatic rings. The third-order valence-corrected chi connectivity index (χ3v) is 4.72. The summed E-state index contributed by atoms with van der Waals surface area (Å²) in [5, 5.41) is 9.75. The number of carbonyl (C=O) groups excluding carboxylic acids is 1. The number of fused-ring (bicyclic) bond motifs is 1. The highest BCUT2D eigenvalue weighted by Gasteiger charge is 2.38. The first-order valence-electron chi connectivity index (χ1n) is 8.25. The maximum Gasteiger partial charge on any atom is 0.340 e. The van der Waals surface area contributed by atoms with Crippen LogP contribution < -0.4 is 16.0 Å². The fraction of sp³-hybridized carbons (Fsp3) is 0.263. The second kappa shape index (κ2) is 7.46. The van der Waals surface area contributed by atoms with Crippen molar-refractivity contribution in [1.82, 2.24) is 4.57 Å². The van der Waals surface area contributed by atoms with Gasteiger partial charge in [-0.25, -0.2) is 4.79 Å². The Kier molecular flexibility index (Phi) is 5.25. The summed E-state index contributed by atoms with van der Waals surface area (Å²) in [7, 11) is 1.23. The number of hydrogen-bond donors (Lipinski definition) is 2. The van der Waals surface area contributed by atoms with Crippen molar-refractivity contribution >= 4 is 17.6 Å². The van der Waals surface area contributed by atoms with Gasteiger partial charge < -0.3 is 24.9 Å². The van der Waals surface area contributed by atoms with Crippen molar-refractivity contribution in [3.8, 4) is 5.75 Å². The van der Waals surface area contributed by atoms with Gasteiger partial charge in [0.15, 0.2) is 0 Å². The van der Waals surface area contributed by atoms with Gasteiger partial charge in [0.1, 0.15) is 11.3 Å². The zero-order valence-electron chi connectivity index (χ0n) is 14.9. The fourth-order valence-electron chi connectivity index (χ4n) is 3.29. The van der Waals surface area contributed by atoms with Gasteiger partial charge in [-0.3, -0.25) is 4.79 Å². The summed E-state index contributed by atoms with van der Waals surface area (Å²) in [4.78, 5) is 25.6. The quantitative estimate of drug-likeness (QED) is 0.769. The van der Waals surface area contributed by atoms with Crippen LogP contribution in [-0.2, 0) is 16.1 Å². The van der Waals surface area contributed by atoms with Crippen molar-refractivity contribution in [2.45, 2.75) is 19.4 Å². The number of methoxy groups -OCH3 is 1. The lowest BCUT2D eigenvalue weighted by Gasteiger charge is -2.29. The minimum absolute atomic E-state index is 0.0313. The number of ether oxygens (including phenoxy) is 2. The van der Waals surface area contributed by atoms with Crippen LogP contribution in [-0.4, -0.2) is 29.4 Å². The SMILES string of the molecule is COC(=O)C1=C(N)Oc2cc(C)n(CCO)c(=O)c2[C@@H]1c1cccc(Cl)c1. The first-order valence-corrected chi connectivity index (χ1v) is 8.63. The van der Waals surface area contributed by atoms with E-state index in [2.05, 4.69) is 0 Å². The number of pyridine rings is 1. The van der Waals surface area contributed by atoms with Crippen LogP contribution in [0.2, 0.25) is 5.02 Å². The third-order valence-electron chi connectivity index (χ3n) is 4.48. The van der Waals surface area contributed by atoms with E-state index in [1.165, 1.54) is 11.7 Å². The number of aromatic nitrogens is 1. The smallest absolute Gasteiger partial charge is 0.340 e. The molecule has 142 valence electrons. The van der Waals surface area contributed by atoms with Gasteiger partial charge in [-0.15, -0.1) is 0 Å². The molecule has 1 aromatic carbocycles. The molecule has 0 radical (unpaired) electrons. The Morgan fingerprint density at radius 3 is 2.78 bits per heavy atom. The minimum atomic E-state index is -0.807. The van der Waals surface area contributed by atoms with E-state index in [1.807, 2.05) is 0 Å². The molecule has 0 fully saturated rings. The van der Waals surface area contributed by atoms with Gasteiger partial charge in [-0.05, 0) is 24.6 Å². The summed E-state index contributed by atoms with van der Waals surface area (Å²) >= 11 is 6.12. The number of nitrogens with two attached hydrogens (primary N) is 1. The molecular formula is C19H19ClN2O5. The van der Waals surface area contributed by atoms with Crippen molar-refractivity contribution < 1.29 is 19.4 Å². The molecule has 3 N–H and O–H groups in total. The van der Waals surface area contributed by atoms with E-state index >= 15 is 0 Å². The number of carbonyl (C=O) groups is 1. The Bertz CT molecular complexity index is 996. The number of esters is 1. The molecular weight excluding hydrogens is 372 g/mol. The maximum atomic E-state index is 13.2. The summed E-state index contributed by atoms with van der Waals surface area (Å²) < 4.78 is 11.9. The summed E-state index contributed by atoms with van der Waals surface area (Å²) in [6.07, 6.45) is 0.